The van der Waals surface area contributed by atoms with Crippen molar-refractivity contribution >= 4 is 32.4 Å². The molecule has 240 valence electrons. The van der Waals surface area contributed by atoms with Crippen LogP contribution in [-0.4, -0.2) is 15.0 Å². The fourth-order valence-electron chi connectivity index (χ4n) is 8.11. The molecule has 0 aliphatic heterocycles. The van der Waals surface area contributed by atoms with Crippen LogP contribution in [0.1, 0.15) is 25.0 Å². The Labute approximate surface area is 297 Å². The van der Waals surface area contributed by atoms with Crippen molar-refractivity contribution in [2.24, 2.45) is 0 Å². The number of fused-ring (bicyclic) bond motifs is 6. The van der Waals surface area contributed by atoms with Gasteiger partial charge in [0, 0.05) is 33.7 Å². The molecule has 51 heavy (non-hydrogen) atoms. The summed E-state index contributed by atoms with van der Waals surface area (Å²) in [6.07, 6.45) is 1.92. The molecule has 3 heteroatoms. The van der Waals surface area contributed by atoms with Gasteiger partial charge in [0.2, 0.25) is 0 Å². The SMILES string of the molecule is CC1(C)c2cc3ccccc3cc2-c2c(-c3ccc(-c4cc(-c5cnc6ccccc6c5)nc(-c5ccccc5)n4)c4ccccc34)cccc21. The zero-order chi connectivity index (χ0) is 34.1. The predicted octanol–water partition coefficient (Wildman–Crippen LogP) is 12.3. The molecule has 2 aromatic heterocycles. The molecule has 10 rings (SSSR count). The van der Waals surface area contributed by atoms with Crippen molar-refractivity contribution in [1.29, 1.82) is 0 Å². The molecule has 0 unspecified atom stereocenters. The lowest BCUT2D eigenvalue weighted by Gasteiger charge is -2.22. The largest absolute Gasteiger partial charge is 0.256 e. The topological polar surface area (TPSA) is 38.7 Å². The van der Waals surface area contributed by atoms with Crippen molar-refractivity contribution in [3.8, 4) is 56.2 Å². The number of rotatable bonds is 4. The fraction of sp³-hybridized carbons (Fsp3) is 0.0625. The summed E-state index contributed by atoms with van der Waals surface area (Å²) in [5, 5.41) is 5.99. The van der Waals surface area contributed by atoms with Gasteiger partial charge < -0.3 is 0 Å². The van der Waals surface area contributed by atoms with E-state index in [0.717, 1.165) is 44.4 Å². The van der Waals surface area contributed by atoms with Crippen molar-refractivity contribution in [2.45, 2.75) is 19.3 Å². The molecule has 7 aromatic carbocycles. The minimum Gasteiger partial charge on any atom is -0.256 e. The Morgan fingerprint density at radius 2 is 1.10 bits per heavy atom. The van der Waals surface area contributed by atoms with Crippen molar-refractivity contribution in [3.63, 3.8) is 0 Å². The van der Waals surface area contributed by atoms with Gasteiger partial charge in [-0.25, -0.2) is 9.97 Å². The number of para-hydroxylation sites is 1. The van der Waals surface area contributed by atoms with Gasteiger partial charge in [0.1, 0.15) is 0 Å². The zero-order valence-electron chi connectivity index (χ0n) is 28.4. The summed E-state index contributed by atoms with van der Waals surface area (Å²) in [4.78, 5) is 15.1. The monoisotopic (exact) mass is 651 g/mol. The van der Waals surface area contributed by atoms with Crippen LogP contribution in [-0.2, 0) is 5.41 Å². The summed E-state index contributed by atoms with van der Waals surface area (Å²) in [5.41, 5.74) is 13.5. The van der Waals surface area contributed by atoms with E-state index in [2.05, 4.69) is 135 Å². The van der Waals surface area contributed by atoms with Gasteiger partial charge in [0.05, 0.1) is 16.9 Å². The molecule has 2 heterocycles. The van der Waals surface area contributed by atoms with Gasteiger partial charge in [0.25, 0.3) is 0 Å². The van der Waals surface area contributed by atoms with E-state index in [1.807, 2.05) is 42.6 Å². The smallest absolute Gasteiger partial charge is 0.160 e. The van der Waals surface area contributed by atoms with Crippen LogP contribution in [0.25, 0.3) is 88.6 Å². The molecule has 0 radical (unpaired) electrons. The third-order valence-electron chi connectivity index (χ3n) is 10.7. The predicted molar refractivity (Wildman–Crippen MR) is 212 cm³/mol. The summed E-state index contributed by atoms with van der Waals surface area (Å²) in [7, 11) is 0. The molecule has 1 aliphatic carbocycles. The number of pyridine rings is 1. The third kappa shape index (κ3) is 4.69. The van der Waals surface area contributed by atoms with Crippen molar-refractivity contribution in [1.82, 2.24) is 15.0 Å². The van der Waals surface area contributed by atoms with Crippen LogP contribution in [0.5, 0.6) is 0 Å². The highest BCUT2D eigenvalue weighted by atomic mass is 14.9. The molecule has 3 nitrogen and oxygen atoms in total. The highest BCUT2D eigenvalue weighted by molar-refractivity contribution is 6.08. The summed E-state index contributed by atoms with van der Waals surface area (Å²) in [6.45, 7) is 4.72. The van der Waals surface area contributed by atoms with Crippen LogP contribution < -0.4 is 0 Å². The normalized spacial score (nSPS) is 13.1. The molecule has 0 saturated carbocycles. The van der Waals surface area contributed by atoms with Gasteiger partial charge in [-0.1, -0.05) is 141 Å². The Hall–Kier alpha value is -6.45. The first-order valence-corrected chi connectivity index (χ1v) is 17.5. The number of aromatic nitrogens is 3. The quantitative estimate of drug-likeness (QED) is 0.190. The van der Waals surface area contributed by atoms with Crippen LogP contribution in [0.3, 0.4) is 0 Å². The summed E-state index contributed by atoms with van der Waals surface area (Å²) >= 11 is 0. The van der Waals surface area contributed by atoms with E-state index in [1.54, 1.807) is 0 Å². The van der Waals surface area contributed by atoms with E-state index in [1.165, 1.54) is 49.5 Å². The number of nitrogens with zero attached hydrogens (tertiary/aromatic N) is 3. The molecule has 0 N–H and O–H groups in total. The summed E-state index contributed by atoms with van der Waals surface area (Å²) in [5.74, 6) is 0.691. The van der Waals surface area contributed by atoms with E-state index in [0.29, 0.717) is 5.82 Å². The van der Waals surface area contributed by atoms with Gasteiger partial charge in [-0.2, -0.15) is 0 Å². The summed E-state index contributed by atoms with van der Waals surface area (Å²) < 4.78 is 0. The van der Waals surface area contributed by atoms with Gasteiger partial charge in [-0.15, -0.1) is 0 Å². The van der Waals surface area contributed by atoms with Crippen molar-refractivity contribution in [2.75, 3.05) is 0 Å². The van der Waals surface area contributed by atoms with E-state index >= 15 is 0 Å². The molecule has 9 aromatic rings. The Morgan fingerprint density at radius 3 is 1.92 bits per heavy atom. The first kappa shape index (κ1) is 29.5. The van der Waals surface area contributed by atoms with Gasteiger partial charge in [-0.05, 0) is 85.3 Å². The minimum absolute atomic E-state index is 0.108. The highest BCUT2D eigenvalue weighted by Crippen LogP contribution is 2.54. The highest BCUT2D eigenvalue weighted by Gasteiger charge is 2.37. The van der Waals surface area contributed by atoms with E-state index in [9.17, 15) is 0 Å². The van der Waals surface area contributed by atoms with Crippen molar-refractivity contribution in [3.05, 3.63) is 175 Å². The Bertz CT molecular complexity index is 2830. The van der Waals surface area contributed by atoms with Crippen LogP contribution in [0, 0.1) is 0 Å². The second kappa shape index (κ2) is 11.3. The van der Waals surface area contributed by atoms with Gasteiger partial charge in [0.15, 0.2) is 5.82 Å². The molecule has 0 amide bonds. The maximum Gasteiger partial charge on any atom is 0.160 e. The van der Waals surface area contributed by atoms with Gasteiger partial charge >= 0.3 is 0 Å². The number of hydrogen-bond acceptors (Lipinski definition) is 3. The Kier molecular flexibility index (Phi) is 6.53. The average Bonchev–Trinajstić information content (AvgIpc) is 3.41. The fourth-order valence-corrected chi connectivity index (χ4v) is 8.11. The zero-order valence-corrected chi connectivity index (χ0v) is 28.4. The lowest BCUT2D eigenvalue weighted by molar-refractivity contribution is 0.661. The van der Waals surface area contributed by atoms with Crippen molar-refractivity contribution < 1.29 is 0 Å². The molecular formula is C48H33N3. The molecule has 0 fully saturated rings. The molecule has 0 saturated heterocycles. The van der Waals surface area contributed by atoms with E-state index in [4.69, 9.17) is 15.0 Å². The standard InChI is InChI=1S/C48H33N3/c1-48(2)41-21-12-20-39(46(41)40-26-31-15-6-7-16-32(31)27-42(40)48)37-23-24-38(36-19-10-9-18-35(36)37)45-28-44(50-47(51-45)30-13-4-3-5-14-30)34-25-33-17-8-11-22-43(33)49-29-34/h3-29H,1-2H3. The maximum atomic E-state index is 5.22. The molecular weight excluding hydrogens is 619 g/mol. The molecule has 0 bridgehead atoms. The van der Waals surface area contributed by atoms with E-state index < -0.39 is 0 Å². The summed E-state index contributed by atoms with van der Waals surface area (Å²) in [6, 6.07) is 56.4. The second-order valence-corrected chi connectivity index (χ2v) is 14.0. The van der Waals surface area contributed by atoms with E-state index in [-0.39, 0.29) is 5.41 Å². The second-order valence-electron chi connectivity index (χ2n) is 14.0. The maximum absolute atomic E-state index is 5.22. The first-order valence-electron chi connectivity index (χ1n) is 17.5. The lowest BCUT2D eigenvalue weighted by atomic mass is 9.81. The third-order valence-corrected chi connectivity index (χ3v) is 10.7. The molecule has 0 spiro atoms. The minimum atomic E-state index is -0.108. The first-order chi connectivity index (χ1) is 25.0. The Morgan fingerprint density at radius 1 is 0.431 bits per heavy atom. The van der Waals surface area contributed by atoms with Crippen LogP contribution in [0.4, 0.5) is 0 Å². The van der Waals surface area contributed by atoms with Gasteiger partial charge in [-0.3, -0.25) is 4.98 Å². The number of benzene rings is 7. The van der Waals surface area contributed by atoms with Crippen LogP contribution in [0.2, 0.25) is 0 Å². The van der Waals surface area contributed by atoms with Crippen LogP contribution >= 0.6 is 0 Å². The van der Waals surface area contributed by atoms with Crippen LogP contribution in [0.15, 0.2) is 164 Å². The lowest BCUT2D eigenvalue weighted by Crippen LogP contribution is -2.14. The molecule has 1 aliphatic rings. The average molecular weight is 652 g/mol. The Balaban J connectivity index is 1.18. The molecule has 0 atom stereocenters. The number of hydrogen-bond donors (Lipinski definition) is 0.